The second kappa shape index (κ2) is 5.40. The fourth-order valence-electron chi connectivity index (χ4n) is 1.66. The Bertz CT molecular complexity index is 593. The third-order valence-electron chi connectivity index (χ3n) is 2.65. The van der Waals surface area contributed by atoms with Gasteiger partial charge in [0.2, 0.25) is 0 Å². The Labute approximate surface area is 118 Å². The third-order valence-corrected chi connectivity index (χ3v) is 3.11. The van der Waals surface area contributed by atoms with E-state index in [1.807, 2.05) is 0 Å². The van der Waals surface area contributed by atoms with Crippen molar-refractivity contribution in [3.63, 3.8) is 0 Å². The molecule has 0 radical (unpaired) electrons. The molecule has 2 aromatic rings. The maximum Gasteiger partial charge on any atom is 0.258 e. The summed E-state index contributed by atoms with van der Waals surface area (Å²) in [6.07, 6.45) is 0. The van der Waals surface area contributed by atoms with Crippen LogP contribution in [0.15, 0.2) is 46.9 Å². The fraction of sp³-hybridized carbons (Fsp3) is 0.0714. The normalized spacial score (nSPS) is 10.3. The molecule has 1 N–H and O–H groups in total. The van der Waals surface area contributed by atoms with E-state index in [2.05, 4.69) is 15.9 Å². The predicted molar refractivity (Wildman–Crippen MR) is 74.9 cm³/mol. The zero-order chi connectivity index (χ0) is 14.0. The van der Waals surface area contributed by atoms with E-state index in [0.717, 1.165) is 0 Å². The molecule has 5 heteroatoms. The molecular formula is C14H11BrFNO2. The van der Waals surface area contributed by atoms with Crippen molar-refractivity contribution >= 4 is 27.5 Å². The van der Waals surface area contributed by atoms with Crippen molar-refractivity contribution in [2.45, 2.75) is 0 Å². The average Bonchev–Trinajstić information content (AvgIpc) is 2.37. The van der Waals surface area contributed by atoms with E-state index in [1.54, 1.807) is 25.2 Å². The van der Waals surface area contributed by atoms with Gasteiger partial charge >= 0.3 is 0 Å². The Kier molecular flexibility index (Phi) is 3.85. The van der Waals surface area contributed by atoms with Crippen LogP contribution in [0.5, 0.6) is 5.75 Å². The van der Waals surface area contributed by atoms with Gasteiger partial charge in [-0.3, -0.25) is 4.79 Å². The number of amides is 1. The standard InChI is InChI=1S/C14H11BrFNO2/c1-17(12-2-4-13(18)5-3-12)14(19)9-6-10(15)8-11(16)7-9/h2-8,18H,1H3. The highest BCUT2D eigenvalue weighted by Crippen LogP contribution is 2.21. The van der Waals surface area contributed by atoms with E-state index in [1.165, 1.54) is 29.2 Å². The van der Waals surface area contributed by atoms with Gasteiger partial charge in [-0.1, -0.05) is 15.9 Å². The van der Waals surface area contributed by atoms with Crippen LogP contribution in [0.4, 0.5) is 10.1 Å². The summed E-state index contributed by atoms with van der Waals surface area (Å²) in [6.45, 7) is 0. The van der Waals surface area contributed by atoms with Crippen LogP contribution in [0.25, 0.3) is 0 Å². The minimum absolute atomic E-state index is 0.123. The monoisotopic (exact) mass is 323 g/mol. The molecule has 0 aromatic heterocycles. The molecule has 2 aromatic carbocycles. The molecule has 0 aliphatic carbocycles. The quantitative estimate of drug-likeness (QED) is 0.917. The molecular weight excluding hydrogens is 313 g/mol. The van der Waals surface area contributed by atoms with Gasteiger partial charge in [-0.15, -0.1) is 0 Å². The number of aromatic hydroxyl groups is 1. The smallest absolute Gasteiger partial charge is 0.258 e. The van der Waals surface area contributed by atoms with E-state index >= 15 is 0 Å². The van der Waals surface area contributed by atoms with Crippen molar-refractivity contribution in [1.82, 2.24) is 0 Å². The Hall–Kier alpha value is -1.88. The van der Waals surface area contributed by atoms with E-state index in [4.69, 9.17) is 0 Å². The molecule has 0 aliphatic heterocycles. The van der Waals surface area contributed by atoms with Crippen LogP contribution < -0.4 is 4.90 Å². The van der Waals surface area contributed by atoms with Crippen molar-refractivity contribution in [2.24, 2.45) is 0 Å². The number of halogens is 2. The molecule has 19 heavy (non-hydrogen) atoms. The van der Waals surface area contributed by atoms with Crippen LogP contribution in [-0.2, 0) is 0 Å². The highest BCUT2D eigenvalue weighted by atomic mass is 79.9. The summed E-state index contributed by atoms with van der Waals surface area (Å²) in [4.78, 5) is 13.6. The van der Waals surface area contributed by atoms with Gasteiger partial charge in [0.25, 0.3) is 5.91 Å². The first-order valence-corrected chi connectivity index (χ1v) is 6.30. The summed E-state index contributed by atoms with van der Waals surface area (Å²) < 4.78 is 13.8. The van der Waals surface area contributed by atoms with Crippen LogP contribution in [0.2, 0.25) is 0 Å². The Morgan fingerprint density at radius 2 is 1.84 bits per heavy atom. The molecule has 0 fully saturated rings. The van der Waals surface area contributed by atoms with E-state index in [0.29, 0.717) is 10.2 Å². The Balaban J connectivity index is 2.30. The molecule has 0 heterocycles. The van der Waals surface area contributed by atoms with Crippen LogP contribution >= 0.6 is 15.9 Å². The lowest BCUT2D eigenvalue weighted by Gasteiger charge is -2.17. The first-order chi connectivity index (χ1) is 8.97. The Morgan fingerprint density at radius 3 is 2.42 bits per heavy atom. The molecule has 0 aliphatic rings. The zero-order valence-electron chi connectivity index (χ0n) is 10.1. The van der Waals surface area contributed by atoms with Gasteiger partial charge in [0.1, 0.15) is 11.6 Å². The minimum Gasteiger partial charge on any atom is -0.508 e. The first-order valence-electron chi connectivity index (χ1n) is 5.50. The van der Waals surface area contributed by atoms with Crippen molar-refractivity contribution in [3.05, 3.63) is 58.3 Å². The van der Waals surface area contributed by atoms with Gasteiger partial charge in [-0.05, 0) is 42.5 Å². The number of carbonyl (C=O) groups excluding carboxylic acids is 1. The van der Waals surface area contributed by atoms with Gasteiger partial charge in [0, 0.05) is 22.8 Å². The molecule has 0 spiro atoms. The largest absolute Gasteiger partial charge is 0.508 e. The number of anilines is 1. The molecule has 0 unspecified atom stereocenters. The second-order valence-corrected chi connectivity index (χ2v) is 4.95. The molecule has 0 saturated carbocycles. The number of carbonyl (C=O) groups is 1. The van der Waals surface area contributed by atoms with Crippen molar-refractivity contribution in [1.29, 1.82) is 0 Å². The number of benzene rings is 2. The molecule has 3 nitrogen and oxygen atoms in total. The van der Waals surface area contributed by atoms with Gasteiger partial charge < -0.3 is 10.0 Å². The van der Waals surface area contributed by atoms with Gasteiger partial charge in [0.15, 0.2) is 0 Å². The summed E-state index contributed by atoms with van der Waals surface area (Å²) in [5.74, 6) is -0.680. The second-order valence-electron chi connectivity index (χ2n) is 4.04. The average molecular weight is 324 g/mol. The van der Waals surface area contributed by atoms with Gasteiger partial charge in [0.05, 0.1) is 0 Å². The number of hydrogen-bond acceptors (Lipinski definition) is 2. The molecule has 0 saturated heterocycles. The van der Waals surface area contributed by atoms with E-state index in [9.17, 15) is 14.3 Å². The van der Waals surface area contributed by atoms with Crippen LogP contribution in [0.1, 0.15) is 10.4 Å². The number of nitrogens with zero attached hydrogens (tertiary/aromatic N) is 1. The SMILES string of the molecule is CN(C(=O)c1cc(F)cc(Br)c1)c1ccc(O)cc1. The highest BCUT2D eigenvalue weighted by Gasteiger charge is 2.14. The number of phenols is 1. The first kappa shape index (κ1) is 13.5. The molecule has 98 valence electrons. The Morgan fingerprint density at radius 1 is 1.21 bits per heavy atom. The van der Waals surface area contributed by atoms with Crippen LogP contribution in [0, 0.1) is 5.82 Å². The number of phenolic OH excluding ortho intramolecular Hbond substituents is 1. The third kappa shape index (κ3) is 3.12. The predicted octanol–water partition coefficient (Wildman–Crippen LogP) is 3.57. The maximum absolute atomic E-state index is 13.3. The minimum atomic E-state index is -0.475. The van der Waals surface area contributed by atoms with Crippen molar-refractivity contribution in [3.8, 4) is 5.75 Å². The summed E-state index contributed by atoms with van der Waals surface area (Å²) in [6, 6.07) is 10.2. The van der Waals surface area contributed by atoms with E-state index < -0.39 is 5.82 Å². The lowest BCUT2D eigenvalue weighted by Crippen LogP contribution is -2.26. The van der Waals surface area contributed by atoms with Crippen LogP contribution in [-0.4, -0.2) is 18.1 Å². The van der Waals surface area contributed by atoms with Gasteiger partial charge in [-0.2, -0.15) is 0 Å². The highest BCUT2D eigenvalue weighted by molar-refractivity contribution is 9.10. The summed E-state index contributed by atoms with van der Waals surface area (Å²) in [5.41, 5.74) is 0.866. The summed E-state index contributed by atoms with van der Waals surface area (Å²) in [5, 5.41) is 9.21. The summed E-state index contributed by atoms with van der Waals surface area (Å²) >= 11 is 3.15. The lowest BCUT2D eigenvalue weighted by atomic mass is 10.2. The van der Waals surface area contributed by atoms with Crippen molar-refractivity contribution < 1.29 is 14.3 Å². The fourth-order valence-corrected chi connectivity index (χ4v) is 2.13. The molecule has 1 amide bonds. The van der Waals surface area contributed by atoms with Gasteiger partial charge in [-0.25, -0.2) is 4.39 Å². The lowest BCUT2D eigenvalue weighted by molar-refractivity contribution is 0.0992. The zero-order valence-corrected chi connectivity index (χ0v) is 11.7. The maximum atomic E-state index is 13.3. The number of hydrogen-bond donors (Lipinski definition) is 1. The van der Waals surface area contributed by atoms with Crippen LogP contribution in [0.3, 0.4) is 0 Å². The summed E-state index contributed by atoms with van der Waals surface area (Å²) in [7, 11) is 1.59. The van der Waals surface area contributed by atoms with Crippen molar-refractivity contribution in [2.75, 3.05) is 11.9 Å². The molecule has 0 bridgehead atoms. The number of rotatable bonds is 2. The topological polar surface area (TPSA) is 40.5 Å². The van der Waals surface area contributed by atoms with E-state index in [-0.39, 0.29) is 17.2 Å². The molecule has 2 rings (SSSR count). The molecule has 0 atom stereocenters.